The van der Waals surface area contributed by atoms with Crippen LogP contribution in [-0.2, 0) is 10.0 Å². The summed E-state index contributed by atoms with van der Waals surface area (Å²) in [6, 6.07) is 10.8. The number of sulfonamides is 1. The van der Waals surface area contributed by atoms with Crippen LogP contribution in [0.3, 0.4) is 0 Å². The Hall–Kier alpha value is -2.49. The Morgan fingerprint density at radius 2 is 1.67 bits per heavy atom. The predicted octanol–water partition coefficient (Wildman–Crippen LogP) is 3.09. The average Bonchev–Trinajstić information content (AvgIpc) is 2.74. The molecule has 2 heterocycles. The molecule has 8 nitrogen and oxygen atoms in total. The first-order chi connectivity index (χ1) is 14.4. The van der Waals surface area contributed by atoms with E-state index < -0.39 is 10.0 Å². The van der Waals surface area contributed by atoms with Gasteiger partial charge in [-0.05, 0) is 49.2 Å². The second-order valence-corrected chi connectivity index (χ2v) is 9.28. The lowest BCUT2D eigenvalue weighted by atomic mass is 10.1. The molecule has 0 atom stereocenters. The van der Waals surface area contributed by atoms with E-state index in [9.17, 15) is 13.2 Å². The Balaban J connectivity index is 1.31. The monoisotopic (exact) mass is 451 g/mol. The molecule has 2 aromatic carbocycles. The van der Waals surface area contributed by atoms with Crippen LogP contribution in [0.1, 0.15) is 12.8 Å². The number of benzene rings is 2. The zero-order valence-corrected chi connectivity index (χ0v) is 17.7. The van der Waals surface area contributed by atoms with Gasteiger partial charge in [-0.3, -0.25) is 0 Å². The number of carbonyl (C=O) groups is 1. The molecule has 0 saturated carbocycles. The van der Waals surface area contributed by atoms with Gasteiger partial charge in [0.05, 0.1) is 4.90 Å². The molecule has 2 N–H and O–H groups in total. The molecule has 0 bridgehead atoms. The number of nitrogens with one attached hydrogen (secondary N) is 2. The molecule has 2 aliphatic heterocycles. The van der Waals surface area contributed by atoms with Crippen molar-refractivity contribution in [1.82, 2.24) is 9.62 Å². The molecule has 30 heavy (non-hydrogen) atoms. The molecule has 10 heteroatoms. The van der Waals surface area contributed by atoms with Crippen LogP contribution in [0.2, 0.25) is 5.02 Å². The van der Waals surface area contributed by atoms with E-state index in [1.54, 1.807) is 35.2 Å². The van der Waals surface area contributed by atoms with Crippen LogP contribution >= 0.6 is 11.6 Å². The summed E-state index contributed by atoms with van der Waals surface area (Å²) in [5, 5.41) is 3.33. The zero-order chi connectivity index (χ0) is 21.1. The maximum atomic E-state index is 12.6. The van der Waals surface area contributed by atoms with Crippen molar-refractivity contribution in [3.05, 3.63) is 47.5 Å². The van der Waals surface area contributed by atoms with Crippen molar-refractivity contribution < 1.29 is 22.7 Å². The molecule has 0 spiro atoms. The van der Waals surface area contributed by atoms with Gasteiger partial charge in [-0.1, -0.05) is 11.6 Å². The van der Waals surface area contributed by atoms with Gasteiger partial charge in [-0.2, -0.15) is 0 Å². The van der Waals surface area contributed by atoms with Crippen molar-refractivity contribution in [1.29, 1.82) is 0 Å². The van der Waals surface area contributed by atoms with Gasteiger partial charge < -0.3 is 19.7 Å². The number of hydrogen-bond donors (Lipinski definition) is 2. The van der Waals surface area contributed by atoms with Gasteiger partial charge in [-0.25, -0.2) is 17.9 Å². The lowest BCUT2D eigenvalue weighted by Crippen LogP contribution is -2.47. The van der Waals surface area contributed by atoms with Gasteiger partial charge in [0.2, 0.25) is 10.0 Å². The number of piperidine rings is 1. The second-order valence-electron chi connectivity index (χ2n) is 7.13. The highest BCUT2D eigenvalue weighted by Gasteiger charge is 2.27. The lowest BCUT2D eigenvalue weighted by molar-refractivity contribution is 0.171. The van der Waals surface area contributed by atoms with Gasteiger partial charge in [0, 0.05) is 35.9 Å². The number of halogens is 1. The molecular formula is C20H22ClN3O5S. The summed E-state index contributed by atoms with van der Waals surface area (Å²) in [4.78, 5) is 14.4. The largest absolute Gasteiger partial charge is 0.486 e. The van der Waals surface area contributed by atoms with Crippen LogP contribution in [0.15, 0.2) is 47.4 Å². The molecule has 0 aromatic heterocycles. The molecule has 2 amide bonds. The van der Waals surface area contributed by atoms with Crippen molar-refractivity contribution in [2.75, 3.05) is 31.6 Å². The van der Waals surface area contributed by atoms with Crippen LogP contribution in [0.4, 0.5) is 10.5 Å². The summed E-state index contributed by atoms with van der Waals surface area (Å²) in [6.07, 6.45) is 1.06. The van der Waals surface area contributed by atoms with E-state index in [-0.39, 0.29) is 17.0 Å². The van der Waals surface area contributed by atoms with E-state index in [2.05, 4.69) is 10.0 Å². The third-order valence-electron chi connectivity index (χ3n) is 5.02. The van der Waals surface area contributed by atoms with Crippen molar-refractivity contribution in [2.24, 2.45) is 0 Å². The van der Waals surface area contributed by atoms with E-state index >= 15 is 0 Å². The summed E-state index contributed by atoms with van der Waals surface area (Å²) < 4.78 is 38.8. The number of hydrogen-bond acceptors (Lipinski definition) is 5. The second kappa shape index (κ2) is 8.71. The third kappa shape index (κ3) is 4.80. The van der Waals surface area contributed by atoms with E-state index in [0.717, 1.165) is 0 Å². The number of nitrogens with zero attached hydrogens (tertiary/aromatic N) is 1. The van der Waals surface area contributed by atoms with Crippen LogP contribution in [-0.4, -0.2) is 51.7 Å². The topological polar surface area (TPSA) is 97.0 Å². The minimum atomic E-state index is -3.63. The Morgan fingerprint density at radius 3 is 2.37 bits per heavy atom. The van der Waals surface area contributed by atoms with Crippen LogP contribution in [0, 0.1) is 0 Å². The molecule has 0 unspecified atom stereocenters. The molecule has 4 rings (SSSR count). The number of rotatable bonds is 4. The summed E-state index contributed by atoms with van der Waals surface area (Å²) in [5.41, 5.74) is 0.620. The van der Waals surface area contributed by atoms with E-state index in [4.69, 9.17) is 21.1 Å². The number of likely N-dealkylation sites (tertiary alicyclic amines) is 1. The molecule has 160 valence electrons. The van der Waals surface area contributed by atoms with Gasteiger partial charge >= 0.3 is 6.03 Å². The number of ether oxygens (including phenoxy) is 2. The van der Waals surface area contributed by atoms with E-state index in [1.807, 2.05) is 0 Å². The van der Waals surface area contributed by atoms with Gasteiger partial charge in [0.25, 0.3) is 0 Å². The molecule has 0 aliphatic carbocycles. The molecular weight excluding hydrogens is 430 g/mol. The average molecular weight is 452 g/mol. The van der Waals surface area contributed by atoms with Crippen LogP contribution in [0.5, 0.6) is 11.5 Å². The number of fused-ring (bicyclic) bond motifs is 1. The van der Waals surface area contributed by atoms with Crippen molar-refractivity contribution in [3.8, 4) is 11.5 Å². The number of amides is 2. The van der Waals surface area contributed by atoms with Crippen molar-refractivity contribution in [3.63, 3.8) is 0 Å². The summed E-state index contributed by atoms with van der Waals surface area (Å²) in [5.74, 6) is 1.27. The highest BCUT2D eigenvalue weighted by molar-refractivity contribution is 7.89. The fourth-order valence-corrected chi connectivity index (χ4v) is 4.86. The molecule has 2 aliphatic rings. The van der Waals surface area contributed by atoms with Gasteiger partial charge in [0.15, 0.2) is 11.5 Å². The van der Waals surface area contributed by atoms with Crippen LogP contribution in [0.25, 0.3) is 0 Å². The standard InChI is InChI=1S/C20H22ClN3O5S/c21-14-1-4-17(5-2-14)30(26,27)23-15-7-9-24(10-8-15)20(25)22-16-3-6-18-19(13-16)29-12-11-28-18/h1-6,13,15,23H,7-12H2,(H,22,25). The molecule has 2 aromatic rings. The maximum absolute atomic E-state index is 12.6. The number of urea groups is 1. The fourth-order valence-electron chi connectivity index (χ4n) is 3.43. The SMILES string of the molecule is O=C(Nc1ccc2c(c1)OCCO2)N1CCC(NS(=O)(=O)c2ccc(Cl)cc2)CC1. The molecule has 0 radical (unpaired) electrons. The Morgan fingerprint density at radius 1 is 1.00 bits per heavy atom. The minimum Gasteiger partial charge on any atom is -0.486 e. The van der Waals surface area contributed by atoms with Gasteiger partial charge in [0.1, 0.15) is 13.2 Å². The van der Waals surface area contributed by atoms with Gasteiger partial charge in [-0.15, -0.1) is 0 Å². The maximum Gasteiger partial charge on any atom is 0.321 e. The van der Waals surface area contributed by atoms with Crippen LogP contribution < -0.4 is 19.5 Å². The summed E-state index contributed by atoms with van der Waals surface area (Å²) in [7, 11) is -3.63. The summed E-state index contributed by atoms with van der Waals surface area (Å²) in [6.45, 7) is 1.88. The number of anilines is 1. The first kappa shape index (κ1) is 20.8. The Bertz CT molecular complexity index is 1020. The van der Waals surface area contributed by atoms with E-state index in [1.165, 1.54) is 12.1 Å². The minimum absolute atomic E-state index is 0.172. The first-order valence-electron chi connectivity index (χ1n) is 9.64. The smallest absolute Gasteiger partial charge is 0.321 e. The fraction of sp³-hybridized carbons (Fsp3) is 0.350. The van der Waals surface area contributed by atoms with Crippen molar-refractivity contribution in [2.45, 2.75) is 23.8 Å². The molecule has 1 fully saturated rings. The van der Waals surface area contributed by atoms with E-state index in [0.29, 0.717) is 61.4 Å². The highest BCUT2D eigenvalue weighted by atomic mass is 35.5. The summed E-state index contributed by atoms with van der Waals surface area (Å²) >= 11 is 5.82. The van der Waals surface area contributed by atoms with Crippen molar-refractivity contribution >= 4 is 33.3 Å². The highest BCUT2D eigenvalue weighted by Crippen LogP contribution is 2.32. The Kier molecular flexibility index (Phi) is 6.03. The third-order valence-corrected chi connectivity index (χ3v) is 6.81. The quantitative estimate of drug-likeness (QED) is 0.744. The first-order valence-corrected chi connectivity index (χ1v) is 11.5. The normalized spacial score (nSPS) is 16.9. The number of carbonyl (C=O) groups excluding carboxylic acids is 1. The molecule has 1 saturated heterocycles. The Labute approximate surface area is 180 Å². The lowest BCUT2D eigenvalue weighted by Gasteiger charge is -2.32. The predicted molar refractivity (Wildman–Crippen MR) is 113 cm³/mol. The zero-order valence-electron chi connectivity index (χ0n) is 16.1.